The summed E-state index contributed by atoms with van der Waals surface area (Å²) in [4.78, 5) is 12.3. The van der Waals surface area contributed by atoms with Crippen LogP contribution in [0.15, 0.2) is 77.9 Å². The topological polar surface area (TPSA) is 74.8 Å². The highest BCUT2D eigenvalue weighted by Gasteiger charge is 2.24. The Balaban J connectivity index is 1.51. The van der Waals surface area contributed by atoms with E-state index >= 15 is 0 Å². The Hall–Kier alpha value is -3.80. The molecule has 0 saturated carbocycles. The maximum atomic E-state index is 12.3. The van der Waals surface area contributed by atoms with Crippen molar-refractivity contribution < 1.29 is 9.53 Å². The van der Waals surface area contributed by atoms with E-state index in [4.69, 9.17) is 4.74 Å². The summed E-state index contributed by atoms with van der Waals surface area (Å²) in [7, 11) is 1.60. The lowest BCUT2D eigenvalue weighted by Crippen LogP contribution is -2.29. The largest absolute Gasteiger partial charge is 0.497 e. The third-order valence-electron chi connectivity index (χ3n) is 5.09. The van der Waals surface area contributed by atoms with Crippen LogP contribution in [0.4, 0.5) is 16.2 Å². The summed E-state index contributed by atoms with van der Waals surface area (Å²) in [6, 6.07) is 23.3. The number of rotatable bonds is 4. The zero-order valence-corrected chi connectivity index (χ0v) is 17.0. The summed E-state index contributed by atoms with van der Waals surface area (Å²) in [6.07, 6.45) is 0.670. The van der Waals surface area contributed by atoms with Crippen LogP contribution in [0.5, 0.6) is 5.75 Å². The smallest absolute Gasteiger partial charge is 0.339 e. The van der Waals surface area contributed by atoms with Crippen molar-refractivity contribution in [1.82, 2.24) is 5.43 Å². The Labute approximate surface area is 176 Å². The van der Waals surface area contributed by atoms with E-state index in [-0.39, 0.29) is 6.04 Å². The van der Waals surface area contributed by atoms with E-state index in [1.54, 1.807) is 31.4 Å². The normalized spacial score (nSPS) is 16.3. The lowest BCUT2D eigenvalue weighted by Gasteiger charge is -2.28. The molecule has 3 aromatic carbocycles. The van der Waals surface area contributed by atoms with Gasteiger partial charge in [0.1, 0.15) is 5.75 Å². The minimum Gasteiger partial charge on any atom is -0.497 e. The van der Waals surface area contributed by atoms with E-state index in [1.807, 2.05) is 24.3 Å². The van der Waals surface area contributed by atoms with E-state index < -0.39 is 6.03 Å². The predicted octanol–water partition coefficient (Wildman–Crippen LogP) is 5.09. The number of carbonyl (C=O) groups excluding carboxylic acids is 1. The van der Waals surface area contributed by atoms with Gasteiger partial charge in [0.05, 0.1) is 18.9 Å². The molecule has 4 rings (SSSR count). The molecule has 0 spiro atoms. The molecule has 1 atom stereocenters. The maximum absolute atomic E-state index is 12.3. The van der Waals surface area contributed by atoms with Crippen molar-refractivity contribution in [3.8, 4) is 5.75 Å². The molecule has 6 heteroatoms. The molecule has 2 amide bonds. The van der Waals surface area contributed by atoms with Crippen LogP contribution in [0.25, 0.3) is 0 Å². The van der Waals surface area contributed by atoms with Crippen LogP contribution in [0.2, 0.25) is 0 Å². The highest BCUT2D eigenvalue weighted by molar-refractivity contribution is 6.07. The number of nitrogens with one attached hydrogen (secondary N) is 3. The van der Waals surface area contributed by atoms with Crippen LogP contribution in [0.1, 0.15) is 29.2 Å². The number of benzene rings is 3. The minimum absolute atomic E-state index is 0.0886. The van der Waals surface area contributed by atoms with Gasteiger partial charge in [-0.3, -0.25) is 0 Å². The van der Waals surface area contributed by atoms with Gasteiger partial charge >= 0.3 is 6.03 Å². The zero-order chi connectivity index (χ0) is 20.9. The third-order valence-corrected chi connectivity index (χ3v) is 5.09. The van der Waals surface area contributed by atoms with Crippen molar-refractivity contribution in [3.05, 3.63) is 89.5 Å². The fourth-order valence-electron chi connectivity index (χ4n) is 3.46. The Morgan fingerprint density at radius 2 is 1.77 bits per heavy atom. The van der Waals surface area contributed by atoms with Gasteiger partial charge in [-0.25, -0.2) is 10.2 Å². The molecule has 1 heterocycles. The molecule has 3 N–H and O–H groups in total. The number of fused-ring (bicyclic) bond motifs is 1. The molecular weight excluding hydrogens is 376 g/mol. The van der Waals surface area contributed by atoms with Gasteiger partial charge in [0, 0.05) is 23.4 Å². The first kappa shape index (κ1) is 19.5. The van der Waals surface area contributed by atoms with Crippen LogP contribution >= 0.6 is 0 Å². The number of para-hydroxylation sites is 1. The van der Waals surface area contributed by atoms with Gasteiger partial charge in [0.25, 0.3) is 0 Å². The molecule has 1 unspecified atom stereocenters. The van der Waals surface area contributed by atoms with Crippen molar-refractivity contribution in [2.75, 3.05) is 17.7 Å². The molecule has 1 aliphatic heterocycles. The lowest BCUT2D eigenvalue weighted by atomic mass is 9.91. The fourth-order valence-corrected chi connectivity index (χ4v) is 3.46. The van der Waals surface area contributed by atoms with E-state index in [1.165, 1.54) is 11.1 Å². The van der Waals surface area contributed by atoms with Gasteiger partial charge in [0.2, 0.25) is 0 Å². The van der Waals surface area contributed by atoms with Gasteiger partial charge in [-0.15, -0.1) is 0 Å². The molecule has 30 heavy (non-hydrogen) atoms. The number of ether oxygens (including phenoxy) is 1. The number of aryl methyl sites for hydroxylation is 1. The minimum atomic E-state index is -0.393. The first-order valence-corrected chi connectivity index (χ1v) is 9.82. The van der Waals surface area contributed by atoms with Crippen molar-refractivity contribution in [1.29, 1.82) is 0 Å². The Kier molecular flexibility index (Phi) is 5.66. The van der Waals surface area contributed by atoms with E-state index in [0.717, 1.165) is 22.7 Å². The number of methoxy groups -OCH3 is 1. The molecular formula is C24H24N4O2. The van der Waals surface area contributed by atoms with Crippen LogP contribution in [0, 0.1) is 6.92 Å². The van der Waals surface area contributed by atoms with Crippen LogP contribution < -0.4 is 20.8 Å². The van der Waals surface area contributed by atoms with Gasteiger partial charge < -0.3 is 15.4 Å². The third kappa shape index (κ3) is 4.43. The quantitative estimate of drug-likeness (QED) is 0.534. The highest BCUT2D eigenvalue weighted by atomic mass is 16.5. The molecule has 1 aliphatic rings. The monoisotopic (exact) mass is 400 g/mol. The standard InChI is InChI=1S/C24H24N4O2/c1-16-7-9-17(10-8-16)22-15-23(20-5-3-4-6-21(20)26-22)27-28-24(29)25-18-11-13-19(30-2)14-12-18/h3-14,22,26H,15H2,1-2H3,(H2,25,28,29). The predicted molar refractivity (Wildman–Crippen MR) is 120 cm³/mol. The number of amides is 2. The summed E-state index contributed by atoms with van der Waals surface area (Å²) in [5.74, 6) is 0.731. The number of urea groups is 1. The molecule has 0 aliphatic carbocycles. The molecule has 3 aromatic rings. The number of hydrazone groups is 1. The maximum Gasteiger partial charge on any atom is 0.339 e. The highest BCUT2D eigenvalue weighted by Crippen LogP contribution is 2.32. The van der Waals surface area contributed by atoms with Gasteiger partial charge in [-0.1, -0.05) is 48.0 Å². The second kappa shape index (κ2) is 8.69. The van der Waals surface area contributed by atoms with Crippen LogP contribution in [-0.2, 0) is 0 Å². The summed E-state index contributed by atoms with van der Waals surface area (Å²) in [5, 5.41) is 10.8. The van der Waals surface area contributed by atoms with Crippen LogP contribution in [-0.4, -0.2) is 18.9 Å². The summed E-state index contributed by atoms with van der Waals surface area (Å²) in [5.41, 5.74) is 8.53. The molecule has 0 bridgehead atoms. The number of hydrogen-bond donors (Lipinski definition) is 3. The van der Waals surface area contributed by atoms with E-state index in [9.17, 15) is 4.79 Å². The zero-order valence-electron chi connectivity index (χ0n) is 17.0. The molecule has 152 valence electrons. The second-order valence-electron chi connectivity index (χ2n) is 7.21. The average molecular weight is 400 g/mol. The second-order valence-corrected chi connectivity index (χ2v) is 7.21. The number of anilines is 2. The van der Waals surface area contributed by atoms with Crippen LogP contribution in [0.3, 0.4) is 0 Å². The molecule has 0 fully saturated rings. The van der Waals surface area contributed by atoms with Crippen molar-refractivity contribution >= 4 is 23.1 Å². The van der Waals surface area contributed by atoms with E-state index in [0.29, 0.717) is 12.1 Å². The van der Waals surface area contributed by atoms with E-state index in [2.05, 4.69) is 52.3 Å². The van der Waals surface area contributed by atoms with Crippen molar-refractivity contribution in [2.45, 2.75) is 19.4 Å². The number of hydrogen-bond acceptors (Lipinski definition) is 4. The number of carbonyl (C=O) groups is 1. The molecule has 0 aromatic heterocycles. The van der Waals surface area contributed by atoms with Gasteiger partial charge in [0.15, 0.2) is 0 Å². The summed E-state index contributed by atoms with van der Waals surface area (Å²) in [6.45, 7) is 2.08. The SMILES string of the molecule is COc1ccc(NC(=O)NN=C2CC(c3ccc(C)cc3)Nc3ccccc32)cc1. The van der Waals surface area contributed by atoms with Gasteiger partial charge in [-0.2, -0.15) is 5.10 Å². The Bertz CT molecular complexity index is 1060. The molecule has 0 radical (unpaired) electrons. The first-order chi connectivity index (χ1) is 14.6. The number of nitrogens with zero attached hydrogens (tertiary/aromatic N) is 1. The van der Waals surface area contributed by atoms with Crippen molar-refractivity contribution in [2.24, 2.45) is 5.10 Å². The first-order valence-electron chi connectivity index (χ1n) is 9.82. The Morgan fingerprint density at radius 3 is 2.50 bits per heavy atom. The summed E-state index contributed by atoms with van der Waals surface area (Å²) >= 11 is 0. The van der Waals surface area contributed by atoms with Crippen molar-refractivity contribution in [3.63, 3.8) is 0 Å². The fraction of sp³-hybridized carbons (Fsp3) is 0.167. The average Bonchev–Trinajstić information content (AvgIpc) is 2.78. The lowest BCUT2D eigenvalue weighted by molar-refractivity contribution is 0.252. The Morgan fingerprint density at radius 1 is 1.03 bits per heavy atom. The molecule has 6 nitrogen and oxygen atoms in total. The summed E-state index contributed by atoms with van der Waals surface area (Å²) < 4.78 is 5.13. The molecule has 0 saturated heterocycles. The van der Waals surface area contributed by atoms with Gasteiger partial charge in [-0.05, 0) is 42.8 Å².